The Bertz CT molecular complexity index is 361. The number of hydrogen-bond donors (Lipinski definition) is 4. The molecule has 1 aromatic carbocycles. The van der Waals surface area contributed by atoms with E-state index < -0.39 is 28.8 Å². The van der Waals surface area contributed by atoms with Crippen LogP contribution in [0.3, 0.4) is 0 Å². The van der Waals surface area contributed by atoms with Crippen LogP contribution in [0.4, 0.5) is 0 Å². The zero-order valence-corrected chi connectivity index (χ0v) is 8.67. The first-order valence-electron chi connectivity index (χ1n) is 4.33. The molecule has 0 aromatic heterocycles. The minimum Gasteiger partial charge on any atom is -0.507 e. The number of carbonyl (C=O) groups is 1. The Hall–Kier alpha value is -1.99. The van der Waals surface area contributed by atoms with Gasteiger partial charge in [0, 0.05) is 12.1 Å². The molecule has 0 amide bonds. The molecule has 16 heavy (non-hydrogen) atoms. The van der Waals surface area contributed by atoms with Gasteiger partial charge in [-0.05, 0) is 5.04 Å². The van der Waals surface area contributed by atoms with Crippen molar-refractivity contribution in [3.8, 4) is 17.2 Å². The second-order valence-corrected chi connectivity index (χ2v) is 2.30. The highest BCUT2D eigenvalue weighted by molar-refractivity contribution is 5.91. The monoisotopic (exact) mass is 232 g/mol. The van der Waals surface area contributed by atoms with Crippen molar-refractivity contribution in [1.82, 2.24) is 0 Å². The number of phenolic OH excluding ortho intramolecular Hbond substituents is 1. The van der Waals surface area contributed by atoms with Crippen molar-refractivity contribution < 1.29 is 35.3 Å². The molecule has 7 heteroatoms. The standard InChI is InChI=1S/C7H6O7.C2H6/c8-4-2-6(13-14-12)5(9)1-3(4)7(10)11;1-2/h1-2,8-9,12H,(H,10,11);1-2H3. The smallest absolute Gasteiger partial charge is 0.339 e. The SMILES string of the molecule is CC.O=C(O)c1cc(O)c(OOO)cc1O. The average Bonchev–Trinajstić information content (AvgIpc) is 2.26. The van der Waals surface area contributed by atoms with Crippen molar-refractivity contribution in [2.75, 3.05) is 0 Å². The van der Waals surface area contributed by atoms with Gasteiger partial charge >= 0.3 is 5.97 Å². The Labute approximate surface area is 91.0 Å². The molecule has 1 aromatic rings. The first-order valence-corrected chi connectivity index (χ1v) is 4.33. The van der Waals surface area contributed by atoms with E-state index in [1.54, 1.807) is 0 Å². The van der Waals surface area contributed by atoms with Crippen LogP contribution in [0.2, 0.25) is 0 Å². The molecule has 0 fully saturated rings. The van der Waals surface area contributed by atoms with E-state index in [4.69, 9.17) is 20.6 Å². The van der Waals surface area contributed by atoms with Crippen molar-refractivity contribution in [2.45, 2.75) is 13.8 Å². The van der Waals surface area contributed by atoms with Crippen LogP contribution in [0, 0.1) is 0 Å². The van der Waals surface area contributed by atoms with Crippen LogP contribution in [0.5, 0.6) is 17.2 Å². The Morgan fingerprint density at radius 1 is 1.19 bits per heavy atom. The molecule has 90 valence electrons. The fourth-order valence-corrected chi connectivity index (χ4v) is 0.836. The fourth-order valence-electron chi connectivity index (χ4n) is 0.836. The Morgan fingerprint density at radius 3 is 2.19 bits per heavy atom. The highest BCUT2D eigenvalue weighted by Crippen LogP contribution is 2.33. The molecule has 0 spiro atoms. The van der Waals surface area contributed by atoms with Gasteiger partial charge in [0.1, 0.15) is 11.3 Å². The minimum absolute atomic E-state index is 0.407. The molecule has 0 aliphatic heterocycles. The lowest BCUT2D eigenvalue weighted by molar-refractivity contribution is -0.439. The van der Waals surface area contributed by atoms with Crippen LogP contribution in [-0.4, -0.2) is 26.5 Å². The summed E-state index contributed by atoms with van der Waals surface area (Å²) < 4.78 is 0. The number of aromatic hydroxyl groups is 2. The number of carboxylic acids is 1. The van der Waals surface area contributed by atoms with Gasteiger partial charge in [0.2, 0.25) is 5.75 Å². The van der Waals surface area contributed by atoms with Gasteiger partial charge in [-0.2, -0.15) is 0 Å². The van der Waals surface area contributed by atoms with E-state index in [2.05, 4.69) is 9.93 Å². The van der Waals surface area contributed by atoms with Crippen LogP contribution in [0.25, 0.3) is 0 Å². The third kappa shape index (κ3) is 3.30. The second kappa shape index (κ2) is 6.49. The molecular formula is C9H12O7. The third-order valence-electron chi connectivity index (χ3n) is 1.43. The van der Waals surface area contributed by atoms with Crippen molar-refractivity contribution >= 4 is 5.97 Å². The summed E-state index contributed by atoms with van der Waals surface area (Å²) in [5.41, 5.74) is -0.493. The summed E-state index contributed by atoms with van der Waals surface area (Å²) in [6.07, 6.45) is 0. The Morgan fingerprint density at radius 2 is 1.75 bits per heavy atom. The maximum atomic E-state index is 10.5. The Kier molecular flexibility index (Phi) is 5.68. The largest absolute Gasteiger partial charge is 0.507 e. The molecule has 0 aliphatic carbocycles. The third-order valence-corrected chi connectivity index (χ3v) is 1.43. The summed E-state index contributed by atoms with van der Waals surface area (Å²) >= 11 is 0. The van der Waals surface area contributed by atoms with Gasteiger partial charge in [-0.15, -0.1) is 0 Å². The lowest BCUT2D eigenvalue weighted by atomic mass is 10.2. The predicted octanol–water partition coefficient (Wildman–Crippen LogP) is 1.61. The van der Waals surface area contributed by atoms with E-state index in [9.17, 15) is 4.79 Å². The highest BCUT2D eigenvalue weighted by Gasteiger charge is 2.15. The second-order valence-electron chi connectivity index (χ2n) is 2.30. The van der Waals surface area contributed by atoms with E-state index in [1.807, 2.05) is 13.8 Å². The number of hydrogen-bond acceptors (Lipinski definition) is 6. The number of phenols is 2. The number of rotatable bonds is 3. The zero-order chi connectivity index (χ0) is 12.7. The Balaban J connectivity index is 0.00000106. The van der Waals surface area contributed by atoms with Crippen molar-refractivity contribution in [1.29, 1.82) is 0 Å². The van der Waals surface area contributed by atoms with Gasteiger partial charge < -0.3 is 20.2 Å². The molecule has 0 heterocycles. The maximum Gasteiger partial charge on any atom is 0.339 e. The van der Waals surface area contributed by atoms with Gasteiger partial charge in [0.15, 0.2) is 5.75 Å². The van der Waals surface area contributed by atoms with Crippen molar-refractivity contribution in [3.05, 3.63) is 17.7 Å². The van der Waals surface area contributed by atoms with Crippen LogP contribution in [0.1, 0.15) is 24.2 Å². The van der Waals surface area contributed by atoms with E-state index in [1.165, 1.54) is 0 Å². The molecule has 0 aliphatic rings. The summed E-state index contributed by atoms with van der Waals surface area (Å²) in [6, 6.07) is 1.54. The van der Waals surface area contributed by atoms with E-state index >= 15 is 0 Å². The van der Waals surface area contributed by atoms with Gasteiger partial charge in [0.25, 0.3) is 0 Å². The lowest BCUT2D eigenvalue weighted by Gasteiger charge is -2.04. The summed E-state index contributed by atoms with van der Waals surface area (Å²) in [5, 5.41) is 37.9. The number of aromatic carboxylic acids is 1. The zero-order valence-electron chi connectivity index (χ0n) is 8.67. The summed E-state index contributed by atoms with van der Waals surface area (Å²) in [6.45, 7) is 4.00. The predicted molar refractivity (Wildman–Crippen MR) is 52.4 cm³/mol. The van der Waals surface area contributed by atoms with E-state index in [-0.39, 0.29) is 0 Å². The van der Waals surface area contributed by atoms with Gasteiger partial charge in [-0.3, -0.25) is 0 Å². The maximum absolute atomic E-state index is 10.5. The molecule has 4 N–H and O–H groups in total. The number of carboxylic acid groups (broad SMARTS) is 1. The summed E-state index contributed by atoms with van der Waals surface area (Å²) in [5.74, 6) is -3.03. The summed E-state index contributed by atoms with van der Waals surface area (Å²) in [4.78, 5) is 14.5. The molecule has 0 radical (unpaired) electrons. The molecule has 7 nitrogen and oxygen atoms in total. The van der Waals surface area contributed by atoms with Crippen LogP contribution in [-0.2, 0) is 5.04 Å². The topological polar surface area (TPSA) is 116 Å². The quantitative estimate of drug-likeness (QED) is 0.355. The molecule has 0 bridgehead atoms. The van der Waals surface area contributed by atoms with Crippen LogP contribution < -0.4 is 4.89 Å². The van der Waals surface area contributed by atoms with Crippen molar-refractivity contribution in [3.63, 3.8) is 0 Å². The van der Waals surface area contributed by atoms with Crippen LogP contribution in [0.15, 0.2) is 12.1 Å². The fraction of sp³-hybridized carbons (Fsp3) is 0.222. The normalized spacial score (nSPS) is 8.94. The van der Waals surface area contributed by atoms with E-state index in [0.29, 0.717) is 0 Å². The highest BCUT2D eigenvalue weighted by atomic mass is 17.5. The van der Waals surface area contributed by atoms with Gasteiger partial charge in [-0.1, -0.05) is 13.8 Å². The molecule has 0 saturated heterocycles. The molecule has 0 saturated carbocycles. The average molecular weight is 232 g/mol. The number of benzene rings is 1. The minimum atomic E-state index is -1.41. The molecule has 0 unspecified atom stereocenters. The van der Waals surface area contributed by atoms with Gasteiger partial charge in [0.05, 0.1) is 0 Å². The summed E-state index contributed by atoms with van der Waals surface area (Å²) in [7, 11) is 0. The molecule has 0 atom stereocenters. The van der Waals surface area contributed by atoms with Gasteiger partial charge in [-0.25, -0.2) is 10.1 Å². The first kappa shape index (κ1) is 14.0. The lowest BCUT2D eigenvalue weighted by Crippen LogP contribution is -1.98. The molecular weight excluding hydrogens is 220 g/mol. The van der Waals surface area contributed by atoms with Crippen LogP contribution >= 0.6 is 0 Å². The first-order chi connectivity index (χ1) is 7.56. The van der Waals surface area contributed by atoms with Crippen molar-refractivity contribution in [2.24, 2.45) is 0 Å². The molecule has 1 rings (SSSR count). The van der Waals surface area contributed by atoms with E-state index in [0.717, 1.165) is 12.1 Å².